The van der Waals surface area contributed by atoms with E-state index in [1.54, 1.807) is 0 Å². The van der Waals surface area contributed by atoms with Crippen LogP contribution in [0.2, 0.25) is 0 Å². The van der Waals surface area contributed by atoms with Crippen molar-refractivity contribution in [1.82, 2.24) is 0 Å². The Balaban J connectivity index is 1.79. The Morgan fingerprint density at radius 3 is 2.60 bits per heavy atom. The van der Waals surface area contributed by atoms with Gasteiger partial charge in [-0.1, -0.05) is 55.3 Å². The van der Waals surface area contributed by atoms with Gasteiger partial charge in [-0.05, 0) is 54.5 Å². The number of hydrogen-bond donors (Lipinski definition) is 1. The van der Waals surface area contributed by atoms with Gasteiger partial charge < -0.3 is 14.8 Å². The van der Waals surface area contributed by atoms with Crippen molar-refractivity contribution >= 4 is 22.7 Å². The maximum absolute atomic E-state index is 6.32. The molecule has 0 fully saturated rings. The zero-order chi connectivity index (χ0) is 20.8. The highest BCUT2D eigenvalue weighted by Gasteiger charge is 2.20. The molecule has 0 unspecified atom stereocenters. The first-order valence-electron chi connectivity index (χ1n) is 10.0. The number of terminal acetylenes is 1. The van der Waals surface area contributed by atoms with Gasteiger partial charge in [-0.15, -0.1) is 6.42 Å². The maximum Gasteiger partial charge on any atom is 0.148 e. The second-order valence-electron chi connectivity index (χ2n) is 6.87. The summed E-state index contributed by atoms with van der Waals surface area (Å²) in [6.07, 6.45) is 10.6. The number of ether oxygens (including phenoxy) is 2. The van der Waals surface area contributed by atoms with E-state index in [4.69, 9.17) is 15.9 Å². The number of nitrogens with one attached hydrogen (secondary N) is 1. The summed E-state index contributed by atoms with van der Waals surface area (Å²) in [6, 6.07) is 24.0. The van der Waals surface area contributed by atoms with Gasteiger partial charge in [0.15, 0.2) is 0 Å². The van der Waals surface area contributed by atoms with E-state index >= 15 is 0 Å². The first kappa shape index (κ1) is 19.4. The average Bonchev–Trinajstić information content (AvgIpc) is 2.79. The van der Waals surface area contributed by atoms with E-state index in [2.05, 4.69) is 36.4 Å². The Hall–Kier alpha value is -3.90. The number of fused-ring (bicyclic) bond motifs is 1. The van der Waals surface area contributed by atoms with E-state index in [1.165, 1.54) is 0 Å². The average molecular weight is 393 g/mol. The summed E-state index contributed by atoms with van der Waals surface area (Å²) in [6.45, 7) is 2.35. The highest BCUT2D eigenvalue weighted by molar-refractivity contribution is 5.91. The lowest BCUT2D eigenvalue weighted by atomic mass is 9.98. The molecule has 30 heavy (non-hydrogen) atoms. The molecular weight excluding hydrogens is 370 g/mol. The Labute approximate surface area is 177 Å². The van der Waals surface area contributed by atoms with Crippen molar-refractivity contribution in [1.29, 1.82) is 0 Å². The Morgan fingerprint density at radius 1 is 1.00 bits per heavy atom. The van der Waals surface area contributed by atoms with Crippen molar-refractivity contribution < 1.29 is 9.47 Å². The minimum atomic E-state index is 0.217. The summed E-state index contributed by atoms with van der Waals surface area (Å²) < 4.78 is 12.0. The van der Waals surface area contributed by atoms with Crippen LogP contribution >= 0.6 is 0 Å². The van der Waals surface area contributed by atoms with Gasteiger partial charge in [0, 0.05) is 22.5 Å². The zero-order valence-corrected chi connectivity index (χ0v) is 16.9. The van der Waals surface area contributed by atoms with Crippen LogP contribution in [-0.4, -0.2) is 6.61 Å². The van der Waals surface area contributed by atoms with Gasteiger partial charge in [0.1, 0.15) is 23.9 Å². The van der Waals surface area contributed by atoms with Crippen LogP contribution in [0.25, 0.3) is 11.3 Å². The maximum atomic E-state index is 6.32. The van der Waals surface area contributed by atoms with E-state index in [9.17, 15) is 0 Å². The molecule has 1 heterocycles. The van der Waals surface area contributed by atoms with Crippen molar-refractivity contribution in [3.8, 4) is 23.8 Å². The van der Waals surface area contributed by atoms with Gasteiger partial charge in [-0.3, -0.25) is 0 Å². The van der Waals surface area contributed by atoms with Crippen molar-refractivity contribution in [3.63, 3.8) is 0 Å². The molecule has 0 saturated heterocycles. The summed E-state index contributed by atoms with van der Waals surface area (Å²) in [5.41, 5.74) is 5.08. The minimum Gasteiger partial charge on any atom is -0.481 e. The summed E-state index contributed by atoms with van der Waals surface area (Å²) >= 11 is 0. The summed E-state index contributed by atoms with van der Waals surface area (Å²) in [5, 5.41) is 3.49. The smallest absolute Gasteiger partial charge is 0.148 e. The summed E-state index contributed by atoms with van der Waals surface area (Å²) in [5.74, 6) is 4.82. The molecule has 3 aromatic rings. The third-order valence-corrected chi connectivity index (χ3v) is 4.76. The molecule has 1 aliphatic heterocycles. The molecule has 0 bridgehead atoms. The molecule has 3 nitrogen and oxygen atoms in total. The Morgan fingerprint density at radius 2 is 1.80 bits per heavy atom. The number of anilines is 2. The van der Waals surface area contributed by atoms with Gasteiger partial charge in [-0.25, -0.2) is 0 Å². The lowest BCUT2D eigenvalue weighted by Gasteiger charge is -2.23. The van der Waals surface area contributed by atoms with Crippen molar-refractivity contribution in [2.45, 2.75) is 13.3 Å². The van der Waals surface area contributed by atoms with Crippen LogP contribution in [0, 0.1) is 12.3 Å². The van der Waals surface area contributed by atoms with Crippen LogP contribution in [0.1, 0.15) is 24.5 Å². The SMILES string of the molecule is C#CCOc1ccc(Nc2ccccc2)c(C2=CC(=CCC)c3ccccc3O2)c1. The minimum absolute atomic E-state index is 0.217. The number of benzene rings is 3. The molecule has 0 amide bonds. The van der Waals surface area contributed by atoms with Gasteiger partial charge in [0.25, 0.3) is 0 Å². The molecule has 0 radical (unpaired) electrons. The summed E-state index contributed by atoms with van der Waals surface area (Å²) in [7, 11) is 0. The fraction of sp³-hybridized carbons (Fsp3) is 0.111. The molecule has 0 saturated carbocycles. The second kappa shape index (κ2) is 9.07. The molecule has 148 valence electrons. The quantitative estimate of drug-likeness (QED) is 0.475. The number of allylic oxidation sites excluding steroid dienone is 3. The van der Waals surface area contributed by atoms with Crippen LogP contribution in [0.5, 0.6) is 11.5 Å². The fourth-order valence-electron chi connectivity index (χ4n) is 3.41. The highest BCUT2D eigenvalue weighted by atomic mass is 16.5. The molecule has 1 N–H and O–H groups in total. The summed E-state index contributed by atoms with van der Waals surface area (Å²) in [4.78, 5) is 0. The molecule has 3 aromatic carbocycles. The molecule has 1 aliphatic rings. The van der Waals surface area contributed by atoms with Crippen LogP contribution in [0.3, 0.4) is 0 Å². The molecule has 4 rings (SSSR count). The normalized spacial score (nSPS) is 13.6. The lowest BCUT2D eigenvalue weighted by Crippen LogP contribution is -2.06. The fourth-order valence-corrected chi connectivity index (χ4v) is 3.41. The van der Waals surface area contributed by atoms with Crippen molar-refractivity contribution in [2.75, 3.05) is 11.9 Å². The van der Waals surface area contributed by atoms with Gasteiger partial charge in [0.2, 0.25) is 0 Å². The van der Waals surface area contributed by atoms with Crippen molar-refractivity contribution in [3.05, 3.63) is 96.1 Å². The van der Waals surface area contributed by atoms with Gasteiger partial charge in [0.05, 0.1) is 0 Å². The topological polar surface area (TPSA) is 30.5 Å². The zero-order valence-electron chi connectivity index (χ0n) is 16.9. The van der Waals surface area contributed by atoms with Crippen LogP contribution in [0.4, 0.5) is 11.4 Å². The van der Waals surface area contributed by atoms with E-state index in [1.807, 2.05) is 66.7 Å². The molecule has 0 aromatic heterocycles. The Bertz CT molecular complexity index is 1140. The third kappa shape index (κ3) is 4.24. The first-order valence-corrected chi connectivity index (χ1v) is 10.0. The van der Waals surface area contributed by atoms with Gasteiger partial charge >= 0.3 is 0 Å². The van der Waals surface area contributed by atoms with Crippen LogP contribution in [0.15, 0.2) is 84.9 Å². The van der Waals surface area contributed by atoms with Crippen LogP contribution < -0.4 is 14.8 Å². The predicted octanol–water partition coefficient (Wildman–Crippen LogP) is 6.67. The molecular formula is C27H23NO2. The second-order valence-corrected chi connectivity index (χ2v) is 6.87. The number of hydrogen-bond acceptors (Lipinski definition) is 3. The Kier molecular flexibility index (Phi) is 5.87. The molecule has 0 aliphatic carbocycles. The van der Waals surface area contributed by atoms with E-state index < -0.39 is 0 Å². The molecule has 0 spiro atoms. The largest absolute Gasteiger partial charge is 0.481 e. The monoisotopic (exact) mass is 393 g/mol. The van der Waals surface area contributed by atoms with E-state index in [0.29, 0.717) is 5.75 Å². The number of rotatable bonds is 6. The van der Waals surface area contributed by atoms with E-state index in [0.717, 1.165) is 46.0 Å². The van der Waals surface area contributed by atoms with Crippen LogP contribution in [-0.2, 0) is 0 Å². The molecule has 3 heteroatoms. The third-order valence-electron chi connectivity index (χ3n) is 4.76. The highest BCUT2D eigenvalue weighted by Crippen LogP contribution is 2.40. The number of para-hydroxylation sites is 2. The molecule has 0 atom stereocenters. The predicted molar refractivity (Wildman–Crippen MR) is 124 cm³/mol. The van der Waals surface area contributed by atoms with E-state index in [-0.39, 0.29) is 6.61 Å². The van der Waals surface area contributed by atoms with Crippen molar-refractivity contribution in [2.24, 2.45) is 0 Å². The van der Waals surface area contributed by atoms with Gasteiger partial charge in [-0.2, -0.15) is 0 Å². The first-order chi connectivity index (χ1) is 14.8. The standard InChI is InChI=1S/C27H23NO2/c1-3-10-20-18-27(30-26-14-9-8-13-23(20)26)24-19-22(29-17-4-2)15-16-25(24)28-21-11-6-5-7-12-21/h2,5-16,18-19,28H,3,17H2,1H3. The lowest BCUT2D eigenvalue weighted by molar-refractivity contribution is 0.370.